The molecule has 2 aliphatic rings. The van der Waals surface area contributed by atoms with Crippen LogP contribution in [0.4, 0.5) is 0 Å². The van der Waals surface area contributed by atoms with E-state index in [1.165, 1.54) is 41.3 Å². The smallest absolute Gasteiger partial charge is 0.0962 e. The van der Waals surface area contributed by atoms with E-state index < -0.39 is 0 Å². The van der Waals surface area contributed by atoms with E-state index in [-0.39, 0.29) is 0 Å². The molecule has 0 atom stereocenters. The van der Waals surface area contributed by atoms with Gasteiger partial charge in [-0.2, -0.15) is 0 Å². The highest BCUT2D eigenvalue weighted by atomic mass is 32.1. The predicted octanol–water partition coefficient (Wildman–Crippen LogP) is 2.62. The van der Waals surface area contributed by atoms with E-state index in [2.05, 4.69) is 5.32 Å². The Morgan fingerprint density at radius 1 is 1.29 bits per heavy atom. The second kappa shape index (κ2) is 3.31. The van der Waals surface area contributed by atoms with Gasteiger partial charge in [0.05, 0.1) is 10.7 Å². The van der Waals surface area contributed by atoms with Crippen LogP contribution in [0.3, 0.4) is 0 Å². The van der Waals surface area contributed by atoms with Gasteiger partial charge in [0.2, 0.25) is 0 Å². The van der Waals surface area contributed by atoms with Crippen LogP contribution in [-0.2, 0) is 6.54 Å². The fourth-order valence-electron chi connectivity index (χ4n) is 1.85. The van der Waals surface area contributed by atoms with E-state index >= 15 is 0 Å². The molecule has 76 valence electrons. The number of nitrogens with one attached hydrogen (secondary N) is 1. The summed E-state index contributed by atoms with van der Waals surface area (Å²) in [5.74, 6) is 1.63. The number of nitrogens with zero attached hydrogens (tertiary/aromatic N) is 1. The Morgan fingerprint density at radius 3 is 2.57 bits per heavy atom. The Bertz CT molecular complexity index is 337. The van der Waals surface area contributed by atoms with Gasteiger partial charge in [-0.3, -0.25) is 0 Å². The lowest BCUT2D eigenvalue weighted by atomic mass is 10.2. The molecular weight excluding hydrogens is 192 g/mol. The van der Waals surface area contributed by atoms with Crippen LogP contribution in [0.25, 0.3) is 0 Å². The topological polar surface area (TPSA) is 24.9 Å². The summed E-state index contributed by atoms with van der Waals surface area (Å²) in [6.07, 6.45) is 5.47. The van der Waals surface area contributed by atoms with E-state index in [1.807, 2.05) is 18.4 Å². The quantitative estimate of drug-likeness (QED) is 0.822. The summed E-state index contributed by atoms with van der Waals surface area (Å²) in [4.78, 5) is 6.33. The molecule has 0 aromatic carbocycles. The van der Waals surface area contributed by atoms with Crippen molar-refractivity contribution >= 4 is 11.3 Å². The monoisotopic (exact) mass is 208 g/mol. The Labute approximate surface area is 88.7 Å². The molecule has 1 N–H and O–H groups in total. The van der Waals surface area contributed by atoms with Gasteiger partial charge in [-0.05, 0) is 32.7 Å². The van der Waals surface area contributed by atoms with Crippen LogP contribution >= 0.6 is 11.3 Å². The minimum Gasteiger partial charge on any atom is -0.315 e. The van der Waals surface area contributed by atoms with Gasteiger partial charge in [0.25, 0.3) is 0 Å². The molecule has 0 aliphatic heterocycles. The zero-order valence-electron chi connectivity index (χ0n) is 8.55. The predicted molar refractivity (Wildman–Crippen MR) is 58.8 cm³/mol. The molecule has 3 heteroatoms. The number of aromatic nitrogens is 1. The molecule has 0 saturated heterocycles. The van der Waals surface area contributed by atoms with E-state index in [0.29, 0.717) is 0 Å². The number of hydrogen-bond acceptors (Lipinski definition) is 3. The molecule has 3 rings (SSSR count). The van der Waals surface area contributed by atoms with Crippen molar-refractivity contribution < 1.29 is 0 Å². The van der Waals surface area contributed by atoms with E-state index in [0.717, 1.165) is 18.4 Å². The largest absolute Gasteiger partial charge is 0.315 e. The average Bonchev–Trinajstić information content (AvgIpc) is 3.07. The van der Waals surface area contributed by atoms with E-state index in [4.69, 9.17) is 4.98 Å². The van der Waals surface area contributed by atoms with Gasteiger partial charge in [-0.25, -0.2) is 4.98 Å². The second-order valence-corrected chi connectivity index (χ2v) is 5.55. The van der Waals surface area contributed by atoms with Crippen LogP contribution < -0.4 is 5.32 Å². The van der Waals surface area contributed by atoms with Gasteiger partial charge in [0.1, 0.15) is 0 Å². The lowest BCUT2D eigenvalue weighted by Crippen LogP contribution is -2.05. The number of rotatable bonds is 4. The summed E-state index contributed by atoms with van der Waals surface area (Å²) in [5.41, 5.74) is 1.42. The summed E-state index contributed by atoms with van der Waals surface area (Å²) in [6, 6.07) is 0. The average molecular weight is 208 g/mol. The van der Waals surface area contributed by atoms with Crippen molar-refractivity contribution in [3.8, 4) is 0 Å². The van der Waals surface area contributed by atoms with Crippen LogP contribution in [0.15, 0.2) is 0 Å². The molecule has 2 aliphatic carbocycles. The highest BCUT2D eigenvalue weighted by Crippen LogP contribution is 2.47. The Morgan fingerprint density at radius 2 is 2.00 bits per heavy atom. The van der Waals surface area contributed by atoms with Crippen molar-refractivity contribution in [2.24, 2.45) is 0 Å². The fourth-order valence-corrected chi connectivity index (χ4v) is 3.18. The molecule has 1 aromatic heterocycles. The molecule has 2 nitrogen and oxygen atoms in total. The zero-order valence-corrected chi connectivity index (χ0v) is 9.36. The van der Waals surface area contributed by atoms with Gasteiger partial charge >= 0.3 is 0 Å². The molecule has 0 spiro atoms. The highest BCUT2D eigenvalue weighted by molar-refractivity contribution is 7.11. The molecule has 1 aromatic rings. The maximum Gasteiger partial charge on any atom is 0.0962 e. The maximum atomic E-state index is 4.83. The van der Waals surface area contributed by atoms with Gasteiger partial charge < -0.3 is 5.32 Å². The molecule has 0 bridgehead atoms. The van der Waals surface area contributed by atoms with Gasteiger partial charge in [0.15, 0.2) is 0 Å². The van der Waals surface area contributed by atoms with Crippen LogP contribution in [0, 0.1) is 0 Å². The third-order valence-corrected chi connectivity index (χ3v) is 4.21. The van der Waals surface area contributed by atoms with Gasteiger partial charge in [0, 0.05) is 23.3 Å². The van der Waals surface area contributed by atoms with E-state index in [9.17, 15) is 0 Å². The third kappa shape index (κ3) is 1.59. The van der Waals surface area contributed by atoms with Crippen molar-refractivity contribution in [3.63, 3.8) is 0 Å². The van der Waals surface area contributed by atoms with Crippen molar-refractivity contribution in [1.82, 2.24) is 10.3 Å². The highest BCUT2D eigenvalue weighted by Gasteiger charge is 2.33. The molecule has 0 unspecified atom stereocenters. The normalized spacial score (nSPS) is 21.5. The number of thiazole rings is 1. The Kier molecular flexibility index (Phi) is 2.10. The minimum absolute atomic E-state index is 0.807. The van der Waals surface area contributed by atoms with E-state index in [1.54, 1.807) is 0 Å². The number of hydrogen-bond donors (Lipinski definition) is 1. The van der Waals surface area contributed by atoms with Crippen LogP contribution in [-0.4, -0.2) is 12.0 Å². The molecule has 0 radical (unpaired) electrons. The first kappa shape index (κ1) is 8.86. The molecule has 14 heavy (non-hydrogen) atoms. The minimum atomic E-state index is 0.807. The molecule has 0 amide bonds. The zero-order chi connectivity index (χ0) is 9.54. The molecule has 2 saturated carbocycles. The van der Waals surface area contributed by atoms with Gasteiger partial charge in [-0.15, -0.1) is 11.3 Å². The van der Waals surface area contributed by atoms with Gasteiger partial charge in [-0.1, -0.05) is 0 Å². The molecule has 1 heterocycles. The standard InChI is InChI=1S/C11H16N2S/c1-12-6-9-10(7-2-3-7)13-11(14-9)8-4-5-8/h7-8,12H,2-6H2,1H3. The van der Waals surface area contributed by atoms with Crippen molar-refractivity contribution in [2.45, 2.75) is 44.1 Å². The maximum absolute atomic E-state index is 4.83. The van der Waals surface area contributed by atoms with Crippen molar-refractivity contribution in [2.75, 3.05) is 7.05 Å². The first-order chi connectivity index (χ1) is 6.88. The summed E-state index contributed by atoms with van der Waals surface area (Å²) in [6.45, 7) is 1.01. The summed E-state index contributed by atoms with van der Waals surface area (Å²) in [5, 5.41) is 4.66. The van der Waals surface area contributed by atoms with Crippen molar-refractivity contribution in [3.05, 3.63) is 15.6 Å². The molecular formula is C11H16N2S. The summed E-state index contributed by atoms with van der Waals surface area (Å²) < 4.78 is 0. The van der Waals surface area contributed by atoms with Crippen molar-refractivity contribution in [1.29, 1.82) is 0 Å². The lowest BCUT2D eigenvalue weighted by Gasteiger charge is -1.97. The third-order valence-electron chi connectivity index (χ3n) is 2.97. The Hall–Kier alpha value is -0.410. The summed E-state index contributed by atoms with van der Waals surface area (Å²) >= 11 is 1.95. The summed E-state index contributed by atoms with van der Waals surface area (Å²) in [7, 11) is 2.02. The van der Waals surface area contributed by atoms with Crippen LogP contribution in [0.5, 0.6) is 0 Å². The first-order valence-corrected chi connectivity index (χ1v) is 6.34. The Balaban J connectivity index is 1.89. The SMILES string of the molecule is CNCc1sc(C2CC2)nc1C1CC1. The van der Waals surface area contributed by atoms with Crippen LogP contribution in [0.2, 0.25) is 0 Å². The second-order valence-electron chi connectivity index (χ2n) is 4.44. The first-order valence-electron chi connectivity index (χ1n) is 5.52. The van der Waals surface area contributed by atoms with Crippen LogP contribution in [0.1, 0.15) is 53.1 Å². The fraction of sp³-hybridized carbons (Fsp3) is 0.727. The molecule has 2 fully saturated rings. The lowest BCUT2D eigenvalue weighted by molar-refractivity contribution is 0.811.